The van der Waals surface area contributed by atoms with E-state index in [1.54, 1.807) is 0 Å². The molecule has 1 saturated heterocycles. The average Bonchev–Trinajstić information content (AvgIpc) is 2.62. The van der Waals surface area contributed by atoms with Crippen molar-refractivity contribution in [1.82, 2.24) is 0 Å². The highest BCUT2D eigenvalue weighted by Crippen LogP contribution is 2.39. The predicted molar refractivity (Wildman–Crippen MR) is 86.5 cm³/mol. The van der Waals surface area contributed by atoms with Crippen LogP contribution in [0.1, 0.15) is 34.1 Å². The van der Waals surface area contributed by atoms with E-state index in [-0.39, 0.29) is 17.2 Å². The lowest BCUT2D eigenvalue weighted by Crippen LogP contribution is -2.47. The Morgan fingerprint density at radius 3 is 2.36 bits per heavy atom. The van der Waals surface area contributed by atoms with Crippen LogP contribution in [0, 0.1) is 5.92 Å². The minimum absolute atomic E-state index is 0.0105. The number of methoxy groups -OCH3 is 1. The summed E-state index contributed by atoms with van der Waals surface area (Å²) in [7, 11) is -4.37. The van der Waals surface area contributed by atoms with Crippen molar-refractivity contribution in [2.24, 2.45) is 5.92 Å². The van der Waals surface area contributed by atoms with Gasteiger partial charge in [0, 0.05) is 5.92 Å². The summed E-state index contributed by atoms with van der Waals surface area (Å²) >= 11 is 0. The molecule has 1 fully saturated rings. The van der Waals surface area contributed by atoms with Gasteiger partial charge in [-0.25, -0.2) is 0 Å². The normalized spacial score (nSPS) is 26.7. The Morgan fingerprint density at radius 2 is 1.91 bits per heavy atom. The van der Waals surface area contributed by atoms with Crippen molar-refractivity contribution < 1.29 is 26.6 Å². The first-order chi connectivity index (χ1) is 9.79. The Balaban J connectivity index is 2.89. The third kappa shape index (κ3) is 4.77. The predicted octanol–water partition coefficient (Wildman–Crippen LogP) is 2.30. The van der Waals surface area contributed by atoms with Crippen LogP contribution in [-0.2, 0) is 28.3 Å². The SMILES string of the molecule is COC(=O)C[C@H]1CS(=O)(=O)O[C@@H]1[C@@H](C)O[Si](C)(C)C(C)(C)C. The van der Waals surface area contributed by atoms with E-state index in [2.05, 4.69) is 38.6 Å². The first-order valence-corrected chi connectivity index (χ1v) is 11.9. The second-order valence-electron chi connectivity index (χ2n) is 7.41. The fourth-order valence-electron chi connectivity index (χ4n) is 2.29. The van der Waals surface area contributed by atoms with Crippen molar-refractivity contribution >= 4 is 24.4 Å². The third-order valence-electron chi connectivity index (χ3n) is 4.55. The number of carbonyl (C=O) groups is 1. The zero-order valence-electron chi connectivity index (χ0n) is 14.5. The van der Waals surface area contributed by atoms with Gasteiger partial charge < -0.3 is 9.16 Å². The van der Waals surface area contributed by atoms with Crippen molar-refractivity contribution in [1.29, 1.82) is 0 Å². The maximum Gasteiger partial charge on any atom is 0.305 e. The lowest BCUT2D eigenvalue weighted by molar-refractivity contribution is -0.142. The Morgan fingerprint density at radius 1 is 1.36 bits per heavy atom. The Labute approximate surface area is 134 Å². The van der Waals surface area contributed by atoms with Crippen molar-refractivity contribution in [3.05, 3.63) is 0 Å². The second-order valence-corrected chi connectivity index (χ2v) is 13.8. The van der Waals surface area contributed by atoms with Gasteiger partial charge in [-0.15, -0.1) is 0 Å². The second kappa shape index (κ2) is 6.58. The quantitative estimate of drug-likeness (QED) is 0.429. The molecule has 0 aromatic carbocycles. The van der Waals surface area contributed by atoms with Crippen LogP contribution in [0.15, 0.2) is 0 Å². The van der Waals surface area contributed by atoms with Gasteiger partial charge in [-0.3, -0.25) is 8.98 Å². The zero-order chi connectivity index (χ0) is 17.3. The zero-order valence-corrected chi connectivity index (χ0v) is 16.3. The Bertz CT molecular complexity index is 508. The summed E-state index contributed by atoms with van der Waals surface area (Å²) in [5.74, 6) is -1.04. The number of ether oxygens (including phenoxy) is 1. The molecule has 0 aromatic heterocycles. The first kappa shape index (κ1) is 19.6. The summed E-state index contributed by atoms with van der Waals surface area (Å²) in [5, 5.41) is 0.0105. The Hall–Kier alpha value is -0.443. The molecule has 0 aromatic rings. The van der Waals surface area contributed by atoms with Gasteiger partial charge in [0.1, 0.15) is 6.10 Å². The molecule has 0 amide bonds. The molecule has 0 saturated carbocycles. The minimum atomic E-state index is -3.61. The molecule has 1 aliphatic rings. The van der Waals surface area contributed by atoms with Gasteiger partial charge in [0.05, 0.1) is 25.4 Å². The highest BCUT2D eigenvalue weighted by atomic mass is 32.2. The third-order valence-corrected chi connectivity index (χ3v) is 10.5. The molecule has 0 spiro atoms. The average molecular weight is 353 g/mol. The molecule has 3 atom stereocenters. The topological polar surface area (TPSA) is 78.9 Å². The molecule has 0 bridgehead atoms. The van der Waals surface area contributed by atoms with Crippen molar-refractivity contribution in [2.45, 2.75) is 64.5 Å². The van der Waals surface area contributed by atoms with Gasteiger partial charge in [0.2, 0.25) is 0 Å². The van der Waals surface area contributed by atoms with E-state index < -0.39 is 42.5 Å². The van der Waals surface area contributed by atoms with E-state index in [0.717, 1.165) is 0 Å². The lowest BCUT2D eigenvalue weighted by Gasteiger charge is -2.40. The van der Waals surface area contributed by atoms with E-state index in [4.69, 9.17) is 8.61 Å². The maximum atomic E-state index is 11.8. The Kier molecular flexibility index (Phi) is 5.87. The molecule has 1 heterocycles. The van der Waals surface area contributed by atoms with Crippen molar-refractivity contribution in [3.8, 4) is 0 Å². The number of hydrogen-bond donors (Lipinski definition) is 0. The fourth-order valence-corrected chi connectivity index (χ4v) is 5.27. The van der Waals surface area contributed by atoms with E-state index in [1.807, 2.05) is 6.92 Å². The van der Waals surface area contributed by atoms with Gasteiger partial charge in [-0.1, -0.05) is 20.8 Å². The summed E-state index contributed by atoms with van der Waals surface area (Å²) < 4.78 is 39.6. The van der Waals surface area contributed by atoms with Crippen LogP contribution in [0.25, 0.3) is 0 Å². The van der Waals surface area contributed by atoms with E-state index in [1.165, 1.54) is 7.11 Å². The lowest BCUT2D eigenvalue weighted by atomic mass is 9.97. The largest absolute Gasteiger partial charge is 0.469 e. The van der Waals surface area contributed by atoms with Crippen LogP contribution in [0.4, 0.5) is 0 Å². The van der Waals surface area contributed by atoms with E-state index in [9.17, 15) is 13.2 Å². The van der Waals surface area contributed by atoms with Crippen LogP contribution < -0.4 is 0 Å². The summed E-state index contributed by atoms with van der Waals surface area (Å²) in [6, 6.07) is 0. The standard InChI is InChI=1S/C14H28O6SSi/c1-10(20-22(6,7)14(2,3)4)13-11(8-12(15)18-5)9-21(16,17)19-13/h10-11,13H,8-9H2,1-7H3/t10-,11+,13-/m1/s1. The smallest absolute Gasteiger partial charge is 0.305 e. The van der Waals surface area contributed by atoms with Crippen LogP contribution in [0.2, 0.25) is 18.1 Å². The summed E-state index contributed by atoms with van der Waals surface area (Å²) in [4.78, 5) is 11.5. The van der Waals surface area contributed by atoms with Gasteiger partial charge in [-0.2, -0.15) is 8.42 Å². The monoisotopic (exact) mass is 352 g/mol. The van der Waals surface area contributed by atoms with E-state index in [0.29, 0.717) is 0 Å². The molecular formula is C14H28O6SSi. The fraction of sp³-hybridized carbons (Fsp3) is 0.929. The first-order valence-electron chi connectivity index (χ1n) is 7.44. The van der Waals surface area contributed by atoms with Crippen LogP contribution in [-0.4, -0.2) is 47.8 Å². The van der Waals surface area contributed by atoms with Crippen LogP contribution >= 0.6 is 0 Å². The molecule has 0 aliphatic carbocycles. The summed E-state index contributed by atoms with van der Waals surface area (Å²) in [6.07, 6.45) is -1.02. The number of esters is 1. The summed E-state index contributed by atoms with van der Waals surface area (Å²) in [5.41, 5.74) is 0. The van der Waals surface area contributed by atoms with Crippen LogP contribution in [0.5, 0.6) is 0 Å². The minimum Gasteiger partial charge on any atom is -0.469 e. The molecule has 6 nitrogen and oxygen atoms in total. The molecule has 8 heteroatoms. The molecule has 0 radical (unpaired) electrons. The van der Waals surface area contributed by atoms with Gasteiger partial charge >= 0.3 is 5.97 Å². The maximum absolute atomic E-state index is 11.8. The van der Waals surface area contributed by atoms with Gasteiger partial charge in [-0.05, 0) is 25.1 Å². The van der Waals surface area contributed by atoms with E-state index >= 15 is 0 Å². The molecule has 1 rings (SSSR count). The highest BCUT2D eigenvalue weighted by Gasteiger charge is 2.46. The molecule has 22 heavy (non-hydrogen) atoms. The molecule has 0 unspecified atom stereocenters. The molecule has 130 valence electrons. The number of carbonyl (C=O) groups excluding carboxylic acids is 1. The number of hydrogen-bond acceptors (Lipinski definition) is 6. The highest BCUT2D eigenvalue weighted by molar-refractivity contribution is 7.86. The molecular weight excluding hydrogens is 324 g/mol. The van der Waals surface area contributed by atoms with Crippen molar-refractivity contribution in [3.63, 3.8) is 0 Å². The molecule has 0 N–H and O–H groups in total. The van der Waals surface area contributed by atoms with Crippen molar-refractivity contribution in [2.75, 3.05) is 12.9 Å². The molecule has 1 aliphatic heterocycles. The number of rotatable bonds is 5. The van der Waals surface area contributed by atoms with Crippen LogP contribution in [0.3, 0.4) is 0 Å². The summed E-state index contributed by atoms with van der Waals surface area (Å²) in [6.45, 7) is 12.4. The van der Waals surface area contributed by atoms with Gasteiger partial charge in [0.25, 0.3) is 10.1 Å². The van der Waals surface area contributed by atoms with Gasteiger partial charge in [0.15, 0.2) is 8.32 Å².